The van der Waals surface area contributed by atoms with Crippen molar-refractivity contribution in [3.63, 3.8) is 0 Å². The molecule has 0 radical (unpaired) electrons. The molecule has 0 aromatic heterocycles. The molecule has 0 fully saturated rings. The first kappa shape index (κ1) is 20.5. The van der Waals surface area contributed by atoms with E-state index in [0.717, 1.165) is 23.1 Å². The molecule has 0 bridgehead atoms. The second-order valence-corrected chi connectivity index (χ2v) is 8.62. The van der Waals surface area contributed by atoms with Crippen LogP contribution in [0.1, 0.15) is 77.5 Å². The average molecular weight is 335 g/mol. The summed E-state index contributed by atoms with van der Waals surface area (Å²) in [5.41, 5.74) is 7.78. The Hall–Kier alpha value is -1.55. The van der Waals surface area contributed by atoms with Gasteiger partial charge in [0.15, 0.2) is 0 Å². The summed E-state index contributed by atoms with van der Waals surface area (Å²) in [7, 11) is 0. The molecule has 0 aliphatic rings. The number of amides is 1. The Labute approximate surface area is 146 Å². The first-order valence-corrected chi connectivity index (χ1v) is 8.75. The third-order valence-electron chi connectivity index (χ3n) is 4.32. The average Bonchev–Trinajstić information content (AvgIpc) is 2.44. The van der Waals surface area contributed by atoms with Crippen LogP contribution >= 0.6 is 0 Å². The Morgan fingerprint density at radius 3 is 1.96 bits per heavy atom. The second-order valence-electron chi connectivity index (χ2n) is 8.62. The predicted octanol–water partition coefficient (Wildman–Crippen LogP) is 3.56. The maximum Gasteiger partial charge on any atom is 0.227 e. The number of phenols is 1. The van der Waals surface area contributed by atoms with E-state index >= 15 is 0 Å². The summed E-state index contributed by atoms with van der Waals surface area (Å²) in [5.74, 6) is 0.0638. The summed E-state index contributed by atoms with van der Waals surface area (Å²) in [5, 5.41) is 13.7. The molecule has 1 aromatic rings. The molecule has 0 spiro atoms. The van der Waals surface area contributed by atoms with Crippen molar-refractivity contribution in [2.75, 3.05) is 13.1 Å². The Bertz CT molecular complexity index is 545. The SMILES string of the molecule is CC(C(=O)NCCCN)c1cc(C(C)(C)C)c(O)c(C(C)(C)C)c1. The molecule has 1 rings (SSSR count). The molecule has 136 valence electrons. The molecule has 4 nitrogen and oxygen atoms in total. The van der Waals surface area contributed by atoms with Crippen LogP contribution in [0.3, 0.4) is 0 Å². The number of carbonyl (C=O) groups is 1. The van der Waals surface area contributed by atoms with Crippen LogP contribution in [0.4, 0.5) is 0 Å². The highest BCUT2D eigenvalue weighted by molar-refractivity contribution is 5.83. The zero-order valence-corrected chi connectivity index (χ0v) is 16.3. The van der Waals surface area contributed by atoms with Gasteiger partial charge in [0.1, 0.15) is 5.75 Å². The van der Waals surface area contributed by atoms with Crippen LogP contribution in [0.5, 0.6) is 5.75 Å². The van der Waals surface area contributed by atoms with E-state index < -0.39 is 0 Å². The van der Waals surface area contributed by atoms with Gasteiger partial charge < -0.3 is 16.2 Å². The number of nitrogens with two attached hydrogens (primary N) is 1. The molecule has 1 aromatic carbocycles. The molecule has 0 saturated carbocycles. The van der Waals surface area contributed by atoms with Crippen molar-refractivity contribution in [1.82, 2.24) is 5.32 Å². The predicted molar refractivity (Wildman–Crippen MR) is 101 cm³/mol. The molecule has 0 aliphatic carbocycles. The van der Waals surface area contributed by atoms with Gasteiger partial charge in [-0.3, -0.25) is 4.79 Å². The van der Waals surface area contributed by atoms with Crippen LogP contribution in [0, 0.1) is 0 Å². The zero-order valence-electron chi connectivity index (χ0n) is 16.3. The van der Waals surface area contributed by atoms with E-state index in [0.29, 0.717) is 18.8 Å². The molecule has 1 atom stereocenters. The Kier molecular flexibility index (Phi) is 6.45. The van der Waals surface area contributed by atoms with Crippen LogP contribution in [-0.2, 0) is 15.6 Å². The molecule has 24 heavy (non-hydrogen) atoms. The van der Waals surface area contributed by atoms with Gasteiger partial charge in [-0.25, -0.2) is 0 Å². The lowest BCUT2D eigenvalue weighted by molar-refractivity contribution is -0.122. The molecular formula is C20H34N2O2. The van der Waals surface area contributed by atoms with Crippen molar-refractivity contribution in [1.29, 1.82) is 0 Å². The number of benzene rings is 1. The van der Waals surface area contributed by atoms with Gasteiger partial charge in [0, 0.05) is 6.54 Å². The van der Waals surface area contributed by atoms with Crippen molar-refractivity contribution in [3.05, 3.63) is 28.8 Å². The molecule has 0 heterocycles. The second kappa shape index (κ2) is 7.56. The fourth-order valence-electron chi connectivity index (χ4n) is 2.67. The molecule has 0 aliphatic heterocycles. The molecule has 0 saturated heterocycles. The van der Waals surface area contributed by atoms with Crippen molar-refractivity contribution in [2.24, 2.45) is 5.73 Å². The summed E-state index contributed by atoms with van der Waals surface area (Å²) in [6.45, 7) is 15.5. The number of rotatable bonds is 5. The number of hydrogen-bond acceptors (Lipinski definition) is 3. The maximum atomic E-state index is 12.4. The Balaban J connectivity index is 3.31. The lowest BCUT2D eigenvalue weighted by Crippen LogP contribution is -2.30. The Morgan fingerprint density at radius 1 is 1.12 bits per heavy atom. The van der Waals surface area contributed by atoms with Crippen LogP contribution in [0.2, 0.25) is 0 Å². The number of aromatic hydroxyl groups is 1. The largest absolute Gasteiger partial charge is 0.507 e. The summed E-state index contributed by atoms with van der Waals surface area (Å²) in [6, 6.07) is 3.94. The number of carbonyl (C=O) groups excluding carboxylic acids is 1. The van der Waals surface area contributed by atoms with Gasteiger partial charge in [-0.2, -0.15) is 0 Å². The lowest BCUT2D eigenvalue weighted by atomic mass is 9.77. The minimum absolute atomic E-state index is 0.00569. The topological polar surface area (TPSA) is 75.4 Å². The van der Waals surface area contributed by atoms with Gasteiger partial charge in [0.05, 0.1) is 5.92 Å². The van der Waals surface area contributed by atoms with Crippen molar-refractivity contribution in [3.8, 4) is 5.75 Å². The first-order chi connectivity index (χ1) is 10.9. The van der Waals surface area contributed by atoms with Gasteiger partial charge in [0.2, 0.25) is 5.91 Å². The number of phenolic OH excluding ortho intramolecular Hbond substituents is 1. The van der Waals surface area contributed by atoms with E-state index in [1.165, 1.54) is 0 Å². The highest BCUT2D eigenvalue weighted by atomic mass is 16.3. The van der Waals surface area contributed by atoms with Gasteiger partial charge in [-0.05, 0) is 47.4 Å². The van der Waals surface area contributed by atoms with E-state index in [1.807, 2.05) is 19.1 Å². The van der Waals surface area contributed by atoms with E-state index in [9.17, 15) is 9.90 Å². The van der Waals surface area contributed by atoms with Gasteiger partial charge >= 0.3 is 0 Å². The summed E-state index contributed by atoms with van der Waals surface area (Å²) < 4.78 is 0. The molecule has 4 heteroatoms. The van der Waals surface area contributed by atoms with Gasteiger partial charge in [0.25, 0.3) is 0 Å². The van der Waals surface area contributed by atoms with Crippen LogP contribution < -0.4 is 11.1 Å². The maximum absolute atomic E-state index is 12.4. The summed E-state index contributed by atoms with van der Waals surface area (Å²) in [6.07, 6.45) is 0.772. The van der Waals surface area contributed by atoms with E-state index in [4.69, 9.17) is 5.73 Å². The highest BCUT2D eigenvalue weighted by Gasteiger charge is 2.28. The van der Waals surface area contributed by atoms with Gasteiger partial charge in [-0.1, -0.05) is 53.7 Å². The molecular weight excluding hydrogens is 300 g/mol. The molecule has 1 unspecified atom stereocenters. The quantitative estimate of drug-likeness (QED) is 0.721. The third kappa shape index (κ3) is 4.97. The first-order valence-electron chi connectivity index (χ1n) is 8.75. The van der Waals surface area contributed by atoms with E-state index in [1.54, 1.807) is 0 Å². The fourth-order valence-corrected chi connectivity index (χ4v) is 2.67. The highest BCUT2D eigenvalue weighted by Crippen LogP contribution is 2.41. The monoisotopic (exact) mass is 334 g/mol. The molecule has 1 amide bonds. The van der Waals surface area contributed by atoms with E-state index in [2.05, 4.69) is 46.9 Å². The molecule has 4 N–H and O–H groups in total. The fraction of sp³-hybridized carbons (Fsp3) is 0.650. The van der Waals surface area contributed by atoms with Crippen LogP contribution in [-0.4, -0.2) is 24.1 Å². The third-order valence-corrected chi connectivity index (χ3v) is 4.32. The van der Waals surface area contributed by atoms with Crippen LogP contribution in [0.15, 0.2) is 12.1 Å². The van der Waals surface area contributed by atoms with Gasteiger partial charge in [-0.15, -0.1) is 0 Å². The standard InChI is InChI=1S/C20H34N2O2/c1-13(18(24)22-10-8-9-21)14-11-15(19(2,3)4)17(23)16(12-14)20(5,6)7/h11-13,23H,8-10,21H2,1-7H3,(H,22,24). The minimum Gasteiger partial charge on any atom is -0.507 e. The normalized spacial score (nSPS) is 13.7. The number of hydrogen-bond donors (Lipinski definition) is 3. The van der Waals surface area contributed by atoms with Crippen molar-refractivity contribution < 1.29 is 9.90 Å². The number of nitrogens with one attached hydrogen (secondary N) is 1. The van der Waals surface area contributed by atoms with E-state index in [-0.39, 0.29) is 22.7 Å². The lowest BCUT2D eigenvalue weighted by Gasteiger charge is -2.29. The summed E-state index contributed by atoms with van der Waals surface area (Å²) in [4.78, 5) is 12.4. The summed E-state index contributed by atoms with van der Waals surface area (Å²) >= 11 is 0. The minimum atomic E-state index is -0.273. The smallest absolute Gasteiger partial charge is 0.227 e. The zero-order chi connectivity index (χ0) is 18.7. The van der Waals surface area contributed by atoms with Crippen molar-refractivity contribution in [2.45, 2.75) is 71.6 Å². The Morgan fingerprint density at radius 2 is 1.58 bits per heavy atom. The van der Waals surface area contributed by atoms with Crippen molar-refractivity contribution >= 4 is 5.91 Å². The van der Waals surface area contributed by atoms with Crippen LogP contribution in [0.25, 0.3) is 0 Å².